The summed E-state index contributed by atoms with van der Waals surface area (Å²) in [4.78, 5) is 0. The van der Waals surface area contributed by atoms with Gasteiger partial charge in [-0.3, -0.25) is 0 Å². The Labute approximate surface area is 279 Å². The molecule has 0 saturated heterocycles. The van der Waals surface area contributed by atoms with Crippen LogP contribution in [0.25, 0.3) is 96.1 Å². The standard InChI is InChI=1S/C40H24N2O4S2/c1-19-3-13-25-31(15-19)47-39-35(25)41(21-5-9-23(43)10-6-21)33-27-17-30-28(18-29(27)45-37(33)39)34-38(46-30)40-36(26-14-4-20(2)16-32(26)48-40)42(34)22-7-11-24(44)12-8-22/h3-18,43-44H,1-2H3. The monoisotopic (exact) mass is 660 g/mol. The van der Waals surface area contributed by atoms with E-state index in [0.717, 1.165) is 75.9 Å². The first-order valence-electron chi connectivity index (χ1n) is 15.7. The van der Waals surface area contributed by atoms with E-state index in [9.17, 15) is 10.2 Å². The third-order valence-corrected chi connectivity index (χ3v) is 11.9. The molecule has 2 N–H and O–H groups in total. The second-order valence-electron chi connectivity index (χ2n) is 12.7. The largest absolute Gasteiger partial charge is 0.508 e. The highest BCUT2D eigenvalue weighted by Crippen LogP contribution is 2.50. The molecule has 0 radical (unpaired) electrons. The van der Waals surface area contributed by atoms with Crippen molar-refractivity contribution in [1.82, 2.24) is 9.13 Å². The van der Waals surface area contributed by atoms with Crippen LogP contribution in [0.3, 0.4) is 0 Å². The number of nitrogens with zero attached hydrogens (tertiary/aromatic N) is 2. The smallest absolute Gasteiger partial charge is 0.171 e. The number of hydrogen-bond acceptors (Lipinski definition) is 6. The third-order valence-electron chi connectivity index (χ3n) is 9.61. The summed E-state index contributed by atoms with van der Waals surface area (Å²) in [5.41, 5.74) is 11.7. The van der Waals surface area contributed by atoms with Gasteiger partial charge in [-0.1, -0.05) is 24.3 Å². The number of thiophene rings is 2. The molecule has 5 aromatic carbocycles. The van der Waals surface area contributed by atoms with Gasteiger partial charge in [-0.25, -0.2) is 0 Å². The second-order valence-corrected chi connectivity index (χ2v) is 14.8. The molecule has 0 atom stereocenters. The van der Waals surface area contributed by atoms with Gasteiger partial charge in [0.1, 0.15) is 33.7 Å². The molecule has 11 rings (SSSR count). The molecule has 0 unspecified atom stereocenters. The van der Waals surface area contributed by atoms with E-state index in [2.05, 4.69) is 71.5 Å². The Kier molecular flexibility index (Phi) is 4.95. The first-order valence-corrected chi connectivity index (χ1v) is 17.3. The van der Waals surface area contributed by atoms with Crippen molar-refractivity contribution < 1.29 is 19.0 Å². The van der Waals surface area contributed by atoms with Crippen molar-refractivity contribution in [2.75, 3.05) is 0 Å². The summed E-state index contributed by atoms with van der Waals surface area (Å²) in [6.45, 7) is 4.24. The zero-order chi connectivity index (χ0) is 32.0. The van der Waals surface area contributed by atoms with E-state index < -0.39 is 0 Å². The summed E-state index contributed by atoms with van der Waals surface area (Å²) in [7, 11) is 0. The van der Waals surface area contributed by atoms with Crippen molar-refractivity contribution in [3.63, 3.8) is 0 Å². The van der Waals surface area contributed by atoms with Crippen LogP contribution in [0.5, 0.6) is 11.5 Å². The van der Waals surface area contributed by atoms with E-state index in [1.165, 1.54) is 31.3 Å². The molecule has 0 fully saturated rings. The molecule has 0 bridgehead atoms. The molecule has 230 valence electrons. The van der Waals surface area contributed by atoms with Crippen LogP contribution in [0.1, 0.15) is 11.1 Å². The Morgan fingerprint density at radius 1 is 0.479 bits per heavy atom. The van der Waals surface area contributed by atoms with Crippen LogP contribution in [0.4, 0.5) is 0 Å². The summed E-state index contributed by atoms with van der Waals surface area (Å²) in [5, 5.41) is 24.6. The minimum Gasteiger partial charge on any atom is -0.508 e. The van der Waals surface area contributed by atoms with Crippen LogP contribution in [0, 0.1) is 13.8 Å². The Balaban J connectivity index is 1.29. The quantitative estimate of drug-likeness (QED) is 0.193. The van der Waals surface area contributed by atoms with Crippen molar-refractivity contribution >= 4 is 107 Å². The Bertz CT molecular complexity index is 2930. The van der Waals surface area contributed by atoms with Gasteiger partial charge >= 0.3 is 0 Å². The highest BCUT2D eigenvalue weighted by Gasteiger charge is 2.27. The number of fused-ring (bicyclic) bond motifs is 14. The van der Waals surface area contributed by atoms with E-state index in [1.807, 2.05) is 24.3 Å². The fraction of sp³-hybridized carbons (Fsp3) is 0.0500. The van der Waals surface area contributed by atoms with Gasteiger partial charge in [0.2, 0.25) is 0 Å². The minimum atomic E-state index is 0.224. The van der Waals surface area contributed by atoms with E-state index >= 15 is 0 Å². The van der Waals surface area contributed by atoms with Gasteiger partial charge in [0.15, 0.2) is 11.2 Å². The van der Waals surface area contributed by atoms with Crippen molar-refractivity contribution in [2.45, 2.75) is 13.8 Å². The first kappa shape index (κ1) is 26.4. The van der Waals surface area contributed by atoms with Crippen molar-refractivity contribution in [2.24, 2.45) is 0 Å². The Morgan fingerprint density at radius 2 is 0.896 bits per heavy atom. The van der Waals surface area contributed by atoms with Crippen molar-refractivity contribution in [3.8, 4) is 22.9 Å². The van der Waals surface area contributed by atoms with Crippen LogP contribution in [0.2, 0.25) is 0 Å². The van der Waals surface area contributed by atoms with E-state index in [0.29, 0.717) is 0 Å². The third kappa shape index (κ3) is 3.35. The lowest BCUT2D eigenvalue weighted by atomic mass is 10.1. The molecule has 0 aliphatic heterocycles. The predicted octanol–water partition coefficient (Wildman–Crippen LogP) is 11.8. The van der Waals surface area contributed by atoms with Gasteiger partial charge in [0.25, 0.3) is 0 Å². The van der Waals surface area contributed by atoms with E-state index in [1.54, 1.807) is 46.9 Å². The molecule has 48 heavy (non-hydrogen) atoms. The van der Waals surface area contributed by atoms with Crippen molar-refractivity contribution in [3.05, 3.63) is 108 Å². The van der Waals surface area contributed by atoms with Crippen LogP contribution in [0.15, 0.2) is 106 Å². The Hall–Kier alpha value is -5.70. The predicted molar refractivity (Wildman–Crippen MR) is 198 cm³/mol. The number of aromatic hydroxyl groups is 2. The van der Waals surface area contributed by atoms with E-state index in [4.69, 9.17) is 8.83 Å². The number of hydrogen-bond donors (Lipinski definition) is 2. The molecule has 0 saturated carbocycles. The highest BCUT2D eigenvalue weighted by molar-refractivity contribution is 7.27. The molecular formula is C40H24N2O4S2. The number of phenols is 2. The molecule has 0 spiro atoms. The summed E-state index contributed by atoms with van der Waals surface area (Å²) < 4.78 is 22.8. The minimum absolute atomic E-state index is 0.224. The first-order chi connectivity index (χ1) is 23.4. The van der Waals surface area contributed by atoms with Crippen LogP contribution < -0.4 is 0 Å². The van der Waals surface area contributed by atoms with Gasteiger partial charge in [-0.15, -0.1) is 22.7 Å². The summed E-state index contributed by atoms with van der Waals surface area (Å²) in [6, 6.07) is 32.1. The maximum Gasteiger partial charge on any atom is 0.171 e. The molecule has 0 aliphatic carbocycles. The average Bonchev–Trinajstić information content (AvgIpc) is 3.89. The molecule has 0 aliphatic rings. The summed E-state index contributed by atoms with van der Waals surface area (Å²) >= 11 is 3.49. The molecule has 11 aromatic rings. The maximum absolute atomic E-state index is 10.1. The number of furan rings is 2. The van der Waals surface area contributed by atoms with Gasteiger partial charge in [-0.05, 0) is 97.8 Å². The highest BCUT2D eigenvalue weighted by atomic mass is 32.1. The van der Waals surface area contributed by atoms with Gasteiger partial charge in [0.05, 0.1) is 20.4 Å². The SMILES string of the molecule is Cc1ccc2c(c1)sc1c3oc4cc5c(cc4c3n(-c3ccc(O)cc3)c21)oc1c2sc3cc(C)ccc3c2n(-c2ccc(O)cc2)c51. The topological polar surface area (TPSA) is 76.6 Å². The lowest BCUT2D eigenvalue weighted by Crippen LogP contribution is -1.93. The number of benzene rings is 5. The number of phenolic OH excluding ortho intramolecular Hbond substituents is 2. The molecule has 6 heterocycles. The Morgan fingerprint density at radius 3 is 1.31 bits per heavy atom. The van der Waals surface area contributed by atoms with Crippen LogP contribution in [-0.4, -0.2) is 19.3 Å². The molecule has 6 aromatic heterocycles. The normalized spacial score (nSPS) is 12.5. The molecule has 8 heteroatoms. The average molecular weight is 661 g/mol. The molecular weight excluding hydrogens is 637 g/mol. The maximum atomic E-state index is 10.1. The fourth-order valence-corrected chi connectivity index (χ4v) is 10.0. The molecule has 0 amide bonds. The van der Waals surface area contributed by atoms with Crippen LogP contribution >= 0.6 is 22.7 Å². The number of aryl methyl sites for hydroxylation is 2. The summed E-state index contributed by atoms with van der Waals surface area (Å²) in [5.74, 6) is 0.448. The van der Waals surface area contributed by atoms with Gasteiger partial charge < -0.3 is 28.2 Å². The lowest BCUT2D eigenvalue weighted by molar-refractivity contribution is 0.474. The lowest BCUT2D eigenvalue weighted by Gasteiger charge is -2.08. The number of rotatable bonds is 2. The zero-order valence-corrected chi connectivity index (χ0v) is 27.3. The fourth-order valence-electron chi connectivity index (χ4n) is 7.49. The number of aromatic nitrogens is 2. The van der Waals surface area contributed by atoms with Crippen molar-refractivity contribution in [1.29, 1.82) is 0 Å². The van der Waals surface area contributed by atoms with Crippen LogP contribution in [-0.2, 0) is 0 Å². The van der Waals surface area contributed by atoms with Gasteiger partial charge in [-0.2, -0.15) is 0 Å². The van der Waals surface area contributed by atoms with Gasteiger partial charge in [0, 0.05) is 42.3 Å². The van der Waals surface area contributed by atoms with E-state index in [-0.39, 0.29) is 11.5 Å². The zero-order valence-electron chi connectivity index (χ0n) is 25.7. The molecule has 6 nitrogen and oxygen atoms in total. The second kappa shape index (κ2) is 9.01. The summed E-state index contributed by atoms with van der Waals surface area (Å²) in [6.07, 6.45) is 0.